The number of ether oxygens (including phenoxy) is 1. The highest BCUT2D eigenvalue weighted by Gasteiger charge is 2.18. The lowest BCUT2D eigenvalue weighted by Crippen LogP contribution is -2.08. The van der Waals surface area contributed by atoms with Crippen LogP contribution in [0, 0.1) is 12.8 Å². The van der Waals surface area contributed by atoms with E-state index in [4.69, 9.17) is 9.84 Å². The topological polar surface area (TPSA) is 93.6 Å². The summed E-state index contributed by atoms with van der Waals surface area (Å²) in [5.74, 6) is -0.577. The van der Waals surface area contributed by atoms with Gasteiger partial charge in [-0.15, -0.1) is 11.3 Å². The van der Waals surface area contributed by atoms with Crippen LogP contribution in [0.5, 0.6) is 5.75 Å². The number of carbonyl (C=O) groups is 3. The molecule has 2 rings (SSSR count). The van der Waals surface area contributed by atoms with E-state index in [9.17, 15) is 14.4 Å². The molecular weight excluding hydrogens is 330 g/mol. The number of hydrogen-bond donors (Lipinski definition) is 1. The number of carboxylic acid groups (broad SMARTS) is 1. The molecule has 0 unspecified atom stereocenters. The normalized spacial score (nSPS) is 10.7. The second kappa shape index (κ2) is 7.35. The lowest BCUT2D eigenvalue weighted by Gasteiger charge is -2.13. The Morgan fingerprint density at radius 2 is 1.88 bits per heavy atom. The van der Waals surface area contributed by atoms with E-state index in [2.05, 4.69) is 4.98 Å². The van der Waals surface area contributed by atoms with Crippen molar-refractivity contribution >= 4 is 29.9 Å². The number of rotatable bonds is 7. The minimum atomic E-state index is -1.06. The van der Waals surface area contributed by atoms with E-state index in [1.165, 1.54) is 0 Å². The molecule has 0 spiro atoms. The fourth-order valence-electron chi connectivity index (χ4n) is 2.11. The molecule has 2 aromatic rings. The van der Waals surface area contributed by atoms with E-state index < -0.39 is 5.97 Å². The predicted octanol–water partition coefficient (Wildman–Crippen LogP) is 3.48. The Labute approximate surface area is 143 Å². The number of carboxylic acids is 1. The van der Waals surface area contributed by atoms with Crippen LogP contribution in [0.15, 0.2) is 12.1 Å². The Morgan fingerprint density at radius 3 is 2.29 bits per heavy atom. The van der Waals surface area contributed by atoms with Crippen LogP contribution in [0.4, 0.5) is 0 Å². The number of benzene rings is 1. The molecule has 0 fully saturated rings. The molecule has 1 aromatic carbocycles. The molecule has 1 heterocycles. The maximum absolute atomic E-state index is 11.4. The highest BCUT2D eigenvalue weighted by Crippen LogP contribution is 2.33. The Balaban J connectivity index is 2.53. The molecule has 126 valence electrons. The Hall–Kier alpha value is -2.54. The summed E-state index contributed by atoms with van der Waals surface area (Å²) in [4.78, 5) is 38.3. The van der Waals surface area contributed by atoms with E-state index in [0.29, 0.717) is 35.4 Å². The Morgan fingerprint density at radius 1 is 1.29 bits per heavy atom. The van der Waals surface area contributed by atoms with Crippen molar-refractivity contribution in [2.24, 2.45) is 5.92 Å². The van der Waals surface area contributed by atoms with Crippen LogP contribution in [-0.2, 0) is 0 Å². The van der Waals surface area contributed by atoms with Gasteiger partial charge in [-0.05, 0) is 25.0 Å². The van der Waals surface area contributed by atoms with Crippen LogP contribution >= 0.6 is 11.3 Å². The highest BCUT2D eigenvalue weighted by atomic mass is 32.1. The molecule has 0 aliphatic carbocycles. The van der Waals surface area contributed by atoms with Crippen LogP contribution in [0.3, 0.4) is 0 Å². The number of aryl methyl sites for hydroxylation is 1. The third-order valence-electron chi connectivity index (χ3n) is 3.20. The van der Waals surface area contributed by atoms with Crippen molar-refractivity contribution in [1.82, 2.24) is 4.98 Å². The van der Waals surface area contributed by atoms with Gasteiger partial charge in [-0.3, -0.25) is 9.59 Å². The number of hydrogen-bond acceptors (Lipinski definition) is 6. The summed E-state index contributed by atoms with van der Waals surface area (Å²) in [7, 11) is 0. The standard InChI is InChI=1S/C17H17NO5S/c1-9(2)8-23-14-12(6-19)4-11(5-13(14)7-20)16-18-10(3)15(24-16)17(21)22/h4-7,9H,8H2,1-3H3,(H,21,22). The first-order valence-electron chi connectivity index (χ1n) is 7.29. The average molecular weight is 347 g/mol. The van der Waals surface area contributed by atoms with E-state index in [0.717, 1.165) is 11.3 Å². The van der Waals surface area contributed by atoms with Crippen molar-refractivity contribution in [3.63, 3.8) is 0 Å². The van der Waals surface area contributed by atoms with E-state index in [1.54, 1.807) is 19.1 Å². The summed E-state index contributed by atoms with van der Waals surface area (Å²) < 4.78 is 5.60. The smallest absolute Gasteiger partial charge is 0.347 e. The first kappa shape index (κ1) is 17.8. The van der Waals surface area contributed by atoms with Gasteiger partial charge in [0.15, 0.2) is 12.6 Å². The minimum Gasteiger partial charge on any atom is -0.492 e. The number of thiazole rings is 1. The molecule has 7 heteroatoms. The van der Waals surface area contributed by atoms with Gasteiger partial charge >= 0.3 is 5.97 Å². The fourth-order valence-corrected chi connectivity index (χ4v) is 3.00. The summed E-state index contributed by atoms with van der Waals surface area (Å²) in [6.07, 6.45) is 1.23. The van der Waals surface area contributed by atoms with Crippen LogP contribution in [0.2, 0.25) is 0 Å². The van der Waals surface area contributed by atoms with Crippen LogP contribution in [0.25, 0.3) is 10.6 Å². The fraction of sp³-hybridized carbons (Fsp3) is 0.294. The molecule has 0 atom stereocenters. The van der Waals surface area contributed by atoms with Gasteiger partial charge < -0.3 is 9.84 Å². The predicted molar refractivity (Wildman–Crippen MR) is 90.4 cm³/mol. The number of aromatic carboxylic acids is 1. The maximum Gasteiger partial charge on any atom is 0.347 e. The summed E-state index contributed by atoms with van der Waals surface area (Å²) in [6.45, 7) is 5.90. The minimum absolute atomic E-state index is 0.130. The van der Waals surface area contributed by atoms with Gasteiger partial charge in [0.2, 0.25) is 0 Å². The van der Waals surface area contributed by atoms with Gasteiger partial charge in [0, 0.05) is 5.56 Å². The van der Waals surface area contributed by atoms with Crippen molar-refractivity contribution in [3.8, 4) is 16.3 Å². The molecule has 1 aromatic heterocycles. The van der Waals surface area contributed by atoms with Gasteiger partial charge in [0.05, 0.1) is 23.4 Å². The lowest BCUT2D eigenvalue weighted by atomic mass is 10.1. The molecule has 0 radical (unpaired) electrons. The Kier molecular flexibility index (Phi) is 5.46. The largest absolute Gasteiger partial charge is 0.492 e. The quantitative estimate of drug-likeness (QED) is 0.771. The molecule has 0 saturated heterocycles. The van der Waals surface area contributed by atoms with Crippen LogP contribution in [0.1, 0.15) is 49.9 Å². The highest BCUT2D eigenvalue weighted by molar-refractivity contribution is 7.17. The molecular formula is C17H17NO5S. The zero-order valence-electron chi connectivity index (χ0n) is 13.5. The number of carbonyl (C=O) groups excluding carboxylic acids is 2. The van der Waals surface area contributed by atoms with Gasteiger partial charge in [0.1, 0.15) is 15.6 Å². The third-order valence-corrected chi connectivity index (χ3v) is 4.39. The SMILES string of the molecule is Cc1nc(-c2cc(C=O)c(OCC(C)C)c(C=O)c2)sc1C(=O)O. The van der Waals surface area contributed by atoms with Gasteiger partial charge in [-0.1, -0.05) is 13.8 Å². The number of nitrogens with zero attached hydrogens (tertiary/aromatic N) is 1. The van der Waals surface area contributed by atoms with E-state index >= 15 is 0 Å². The van der Waals surface area contributed by atoms with Gasteiger partial charge in [-0.25, -0.2) is 9.78 Å². The summed E-state index contributed by atoms with van der Waals surface area (Å²) >= 11 is 1.000. The van der Waals surface area contributed by atoms with E-state index in [-0.39, 0.29) is 27.7 Å². The van der Waals surface area contributed by atoms with Crippen molar-refractivity contribution in [2.75, 3.05) is 6.61 Å². The second-order valence-electron chi connectivity index (χ2n) is 5.66. The van der Waals surface area contributed by atoms with Gasteiger partial charge in [0.25, 0.3) is 0 Å². The molecule has 0 amide bonds. The van der Waals surface area contributed by atoms with Crippen LogP contribution in [-0.4, -0.2) is 35.2 Å². The van der Waals surface area contributed by atoms with Crippen molar-refractivity contribution in [1.29, 1.82) is 0 Å². The average Bonchev–Trinajstić information content (AvgIpc) is 2.94. The molecule has 24 heavy (non-hydrogen) atoms. The van der Waals surface area contributed by atoms with Crippen molar-refractivity contribution < 1.29 is 24.2 Å². The first-order valence-corrected chi connectivity index (χ1v) is 8.11. The van der Waals surface area contributed by atoms with Gasteiger partial charge in [-0.2, -0.15) is 0 Å². The van der Waals surface area contributed by atoms with Crippen molar-refractivity contribution in [3.05, 3.63) is 33.8 Å². The molecule has 0 saturated carbocycles. The monoisotopic (exact) mass is 347 g/mol. The first-order chi connectivity index (χ1) is 11.4. The third kappa shape index (κ3) is 3.68. The molecule has 0 bridgehead atoms. The molecule has 6 nitrogen and oxygen atoms in total. The summed E-state index contributed by atoms with van der Waals surface area (Å²) in [5.41, 5.74) is 1.37. The van der Waals surface area contributed by atoms with Crippen molar-refractivity contribution in [2.45, 2.75) is 20.8 Å². The Bertz CT molecular complexity index is 765. The second-order valence-corrected chi connectivity index (χ2v) is 6.66. The summed E-state index contributed by atoms with van der Waals surface area (Å²) in [5, 5.41) is 9.57. The molecule has 0 aliphatic rings. The molecule has 1 N–H and O–H groups in total. The number of aromatic nitrogens is 1. The van der Waals surface area contributed by atoms with Crippen LogP contribution < -0.4 is 4.74 Å². The van der Waals surface area contributed by atoms with E-state index in [1.807, 2.05) is 13.8 Å². The summed E-state index contributed by atoms with van der Waals surface area (Å²) in [6, 6.07) is 3.11. The molecule has 0 aliphatic heterocycles. The zero-order chi connectivity index (χ0) is 17.9. The lowest BCUT2D eigenvalue weighted by molar-refractivity contribution is 0.0700. The zero-order valence-corrected chi connectivity index (χ0v) is 14.3. The number of aldehydes is 2. The maximum atomic E-state index is 11.4.